The van der Waals surface area contributed by atoms with Gasteiger partial charge in [0, 0.05) is 24.8 Å². The average Bonchev–Trinajstić information content (AvgIpc) is 3.02. The average molecular weight is 273 g/mol. The molecule has 0 saturated carbocycles. The van der Waals surface area contributed by atoms with E-state index in [1.807, 2.05) is 24.0 Å². The molecule has 1 fully saturated rings. The number of likely N-dealkylation sites (tertiary alicyclic amines) is 1. The molecule has 1 aliphatic heterocycles. The van der Waals surface area contributed by atoms with Crippen molar-refractivity contribution in [1.29, 1.82) is 0 Å². The van der Waals surface area contributed by atoms with Crippen molar-refractivity contribution in [2.24, 2.45) is 11.1 Å². The van der Waals surface area contributed by atoms with E-state index in [1.54, 1.807) is 6.07 Å². The van der Waals surface area contributed by atoms with Crippen molar-refractivity contribution in [3.05, 3.63) is 29.7 Å². The van der Waals surface area contributed by atoms with Crippen molar-refractivity contribution in [1.82, 2.24) is 9.88 Å². The molecule has 5 nitrogen and oxygen atoms in total. The zero-order valence-corrected chi connectivity index (χ0v) is 11.8. The highest BCUT2D eigenvalue weighted by atomic mass is 16.3. The Morgan fingerprint density at radius 3 is 3.05 bits per heavy atom. The Morgan fingerprint density at radius 2 is 2.35 bits per heavy atom. The summed E-state index contributed by atoms with van der Waals surface area (Å²) in [5, 5.41) is 0. The van der Waals surface area contributed by atoms with E-state index in [2.05, 4.69) is 11.9 Å². The van der Waals surface area contributed by atoms with E-state index in [4.69, 9.17) is 10.2 Å². The Kier molecular flexibility index (Phi) is 3.01. The summed E-state index contributed by atoms with van der Waals surface area (Å²) in [6.45, 7) is 6.05. The number of aryl methyl sites for hydroxylation is 1. The first-order valence-corrected chi connectivity index (χ1v) is 6.87. The summed E-state index contributed by atoms with van der Waals surface area (Å²) in [6.07, 6.45) is 0.937. The molecule has 1 unspecified atom stereocenters. The normalized spacial score (nSPS) is 22.6. The lowest BCUT2D eigenvalue weighted by Crippen LogP contribution is -2.34. The molecule has 106 valence electrons. The zero-order valence-electron chi connectivity index (χ0n) is 11.8. The van der Waals surface area contributed by atoms with Crippen molar-refractivity contribution >= 4 is 17.0 Å². The molecule has 1 atom stereocenters. The molecule has 2 aromatic heterocycles. The summed E-state index contributed by atoms with van der Waals surface area (Å²) >= 11 is 0. The maximum atomic E-state index is 12.5. The van der Waals surface area contributed by atoms with Crippen molar-refractivity contribution in [2.45, 2.75) is 20.3 Å². The number of pyridine rings is 1. The van der Waals surface area contributed by atoms with Gasteiger partial charge in [-0.1, -0.05) is 6.92 Å². The van der Waals surface area contributed by atoms with E-state index >= 15 is 0 Å². The van der Waals surface area contributed by atoms with Crippen LogP contribution in [0.5, 0.6) is 0 Å². The van der Waals surface area contributed by atoms with Gasteiger partial charge in [-0.25, -0.2) is 4.98 Å². The lowest BCUT2D eigenvalue weighted by atomic mass is 9.90. The maximum Gasteiger partial charge on any atom is 0.289 e. The van der Waals surface area contributed by atoms with Gasteiger partial charge in [-0.15, -0.1) is 0 Å². The van der Waals surface area contributed by atoms with Crippen LogP contribution in [0.1, 0.15) is 29.6 Å². The van der Waals surface area contributed by atoms with Crippen LogP contribution < -0.4 is 5.73 Å². The third kappa shape index (κ3) is 2.18. The number of nitrogens with zero attached hydrogens (tertiary/aromatic N) is 2. The van der Waals surface area contributed by atoms with Crippen LogP contribution in [0, 0.1) is 12.3 Å². The largest absolute Gasteiger partial charge is 0.449 e. The van der Waals surface area contributed by atoms with Gasteiger partial charge in [-0.3, -0.25) is 4.79 Å². The number of fused-ring (bicyclic) bond motifs is 1. The molecule has 0 aromatic carbocycles. The lowest BCUT2D eigenvalue weighted by molar-refractivity contribution is 0.0747. The molecule has 2 N–H and O–H groups in total. The minimum absolute atomic E-state index is 0.0243. The number of carbonyl (C=O) groups excluding carboxylic acids is 1. The molecule has 3 rings (SSSR count). The van der Waals surface area contributed by atoms with Crippen LogP contribution in [-0.2, 0) is 0 Å². The minimum atomic E-state index is -0.0715. The van der Waals surface area contributed by atoms with Gasteiger partial charge in [0.05, 0.1) is 0 Å². The van der Waals surface area contributed by atoms with Gasteiger partial charge in [0.1, 0.15) is 5.52 Å². The maximum absolute atomic E-state index is 12.5. The number of carbonyl (C=O) groups is 1. The predicted molar refractivity (Wildman–Crippen MR) is 76.4 cm³/mol. The van der Waals surface area contributed by atoms with Crippen LogP contribution in [0.4, 0.5) is 0 Å². The number of aromatic nitrogens is 1. The number of amides is 1. The smallest absolute Gasteiger partial charge is 0.289 e. The molecule has 0 spiro atoms. The Hall–Kier alpha value is -1.88. The predicted octanol–water partition coefficient (Wildman–Crippen LogP) is 1.95. The van der Waals surface area contributed by atoms with E-state index in [0.717, 1.165) is 24.2 Å². The van der Waals surface area contributed by atoms with E-state index in [0.29, 0.717) is 24.4 Å². The number of furan rings is 1. The van der Waals surface area contributed by atoms with Crippen molar-refractivity contribution in [2.75, 3.05) is 19.6 Å². The summed E-state index contributed by atoms with van der Waals surface area (Å²) in [5.74, 6) is 0.289. The minimum Gasteiger partial charge on any atom is -0.449 e. The van der Waals surface area contributed by atoms with Gasteiger partial charge in [0.15, 0.2) is 11.3 Å². The van der Waals surface area contributed by atoms with Gasteiger partial charge in [-0.05, 0) is 37.4 Å². The number of hydrogen-bond acceptors (Lipinski definition) is 4. The fraction of sp³-hybridized carbons (Fsp3) is 0.467. The van der Waals surface area contributed by atoms with Crippen molar-refractivity contribution in [3.8, 4) is 0 Å². The van der Waals surface area contributed by atoms with Gasteiger partial charge in [-0.2, -0.15) is 0 Å². The van der Waals surface area contributed by atoms with E-state index < -0.39 is 0 Å². The first-order chi connectivity index (χ1) is 9.50. The Morgan fingerprint density at radius 1 is 1.55 bits per heavy atom. The van der Waals surface area contributed by atoms with Gasteiger partial charge >= 0.3 is 0 Å². The first-order valence-electron chi connectivity index (χ1n) is 6.87. The quantitative estimate of drug-likeness (QED) is 0.907. The number of hydrogen-bond donors (Lipinski definition) is 1. The lowest BCUT2D eigenvalue weighted by Gasteiger charge is -2.21. The highest BCUT2D eigenvalue weighted by molar-refractivity contribution is 5.95. The molecule has 3 heterocycles. The molecule has 5 heteroatoms. The van der Waals surface area contributed by atoms with E-state index in [-0.39, 0.29) is 11.3 Å². The SMILES string of the molecule is Cc1ccc2oc(C(=O)N3CCC(C)(CN)C3)cc2n1. The van der Waals surface area contributed by atoms with Crippen LogP contribution in [0.25, 0.3) is 11.1 Å². The van der Waals surface area contributed by atoms with Crippen LogP contribution >= 0.6 is 0 Å². The topological polar surface area (TPSA) is 72.4 Å². The van der Waals surface area contributed by atoms with Crippen LogP contribution in [0.3, 0.4) is 0 Å². The van der Waals surface area contributed by atoms with Crippen molar-refractivity contribution < 1.29 is 9.21 Å². The van der Waals surface area contributed by atoms with Gasteiger partial charge < -0.3 is 15.1 Å². The molecule has 20 heavy (non-hydrogen) atoms. The summed E-state index contributed by atoms with van der Waals surface area (Å²) in [4.78, 5) is 18.7. The third-order valence-electron chi connectivity index (χ3n) is 4.06. The number of nitrogens with two attached hydrogens (primary N) is 1. The summed E-state index contributed by atoms with van der Waals surface area (Å²) < 4.78 is 5.61. The van der Waals surface area contributed by atoms with E-state index in [9.17, 15) is 4.79 Å². The Balaban J connectivity index is 1.86. The standard InChI is InChI=1S/C15H19N3O2/c1-10-3-4-12-11(17-10)7-13(20-12)14(19)18-6-5-15(2,8-16)9-18/h3-4,7H,5-6,8-9,16H2,1-2H3. The highest BCUT2D eigenvalue weighted by Gasteiger charge is 2.36. The fourth-order valence-corrected chi connectivity index (χ4v) is 2.65. The number of rotatable bonds is 2. The molecule has 0 radical (unpaired) electrons. The molecular weight excluding hydrogens is 254 g/mol. The summed E-state index contributed by atoms with van der Waals surface area (Å²) in [7, 11) is 0. The zero-order chi connectivity index (χ0) is 14.3. The molecule has 2 aromatic rings. The second-order valence-corrected chi connectivity index (χ2v) is 5.94. The fourth-order valence-electron chi connectivity index (χ4n) is 2.65. The third-order valence-corrected chi connectivity index (χ3v) is 4.06. The highest BCUT2D eigenvalue weighted by Crippen LogP contribution is 2.30. The van der Waals surface area contributed by atoms with E-state index in [1.165, 1.54) is 0 Å². The summed E-state index contributed by atoms with van der Waals surface area (Å²) in [5.41, 5.74) is 8.09. The van der Waals surface area contributed by atoms with Crippen LogP contribution in [0.2, 0.25) is 0 Å². The second-order valence-electron chi connectivity index (χ2n) is 5.94. The van der Waals surface area contributed by atoms with Crippen LogP contribution in [0.15, 0.2) is 22.6 Å². The monoisotopic (exact) mass is 273 g/mol. The first kappa shape index (κ1) is 13.1. The summed E-state index contributed by atoms with van der Waals surface area (Å²) in [6, 6.07) is 5.45. The Bertz CT molecular complexity index is 664. The molecule has 1 amide bonds. The van der Waals surface area contributed by atoms with Crippen molar-refractivity contribution in [3.63, 3.8) is 0 Å². The van der Waals surface area contributed by atoms with Gasteiger partial charge in [0.2, 0.25) is 0 Å². The molecule has 1 saturated heterocycles. The van der Waals surface area contributed by atoms with Gasteiger partial charge in [0.25, 0.3) is 5.91 Å². The second kappa shape index (κ2) is 4.59. The molecule has 0 bridgehead atoms. The molecule has 0 aliphatic carbocycles. The molecular formula is C15H19N3O2. The van der Waals surface area contributed by atoms with Crippen LogP contribution in [-0.4, -0.2) is 35.4 Å². The molecule has 1 aliphatic rings. The Labute approximate surface area is 117 Å².